The molecule has 1 unspecified atom stereocenters. The Bertz CT molecular complexity index is 850. The van der Waals surface area contributed by atoms with Gasteiger partial charge in [0.15, 0.2) is 6.10 Å². The van der Waals surface area contributed by atoms with Gasteiger partial charge in [-0.1, -0.05) is 186 Å². The topological polar surface area (TPSA) is 78.9 Å². The molecule has 0 spiro atoms. The predicted molar refractivity (Wildman–Crippen MR) is 219 cm³/mol. The van der Waals surface area contributed by atoms with Gasteiger partial charge in [0.05, 0.1) is 0 Å². The van der Waals surface area contributed by atoms with Crippen molar-refractivity contribution in [1.29, 1.82) is 0 Å². The Morgan fingerprint density at radius 3 is 1.10 bits per heavy atom. The lowest BCUT2D eigenvalue weighted by Crippen LogP contribution is -2.30. The molecule has 0 aromatic rings. The highest BCUT2D eigenvalue weighted by atomic mass is 16.6. The molecule has 0 saturated heterocycles. The second-order valence-corrected chi connectivity index (χ2v) is 15.0. The molecule has 304 valence electrons. The lowest BCUT2D eigenvalue weighted by molar-refractivity contribution is -0.167. The summed E-state index contributed by atoms with van der Waals surface area (Å²) in [5.74, 6) is -0.883. The molecule has 0 aliphatic rings. The predicted octanol–water partition coefficient (Wildman–Crippen LogP) is 14.0. The molecule has 0 heterocycles. The van der Waals surface area contributed by atoms with Gasteiger partial charge in [-0.2, -0.15) is 0 Å². The fraction of sp³-hybridized carbons (Fsp3) is 0.848. The first-order chi connectivity index (χ1) is 25.5. The van der Waals surface area contributed by atoms with Gasteiger partial charge in [-0.3, -0.25) is 14.4 Å². The van der Waals surface area contributed by atoms with Crippen molar-refractivity contribution < 1.29 is 28.6 Å². The van der Waals surface area contributed by atoms with Crippen LogP contribution in [-0.2, 0) is 28.6 Å². The monoisotopic (exact) mass is 733 g/mol. The van der Waals surface area contributed by atoms with E-state index in [1.54, 1.807) is 0 Å². The SMILES string of the molecule is CCCCC/C=C\C/C=C\CCCCCCCCCC(=O)OCC(COC(=O)CCCCCCCCC)OC(=O)CCCCCCCCCCCC. The molecule has 1 atom stereocenters. The minimum atomic E-state index is -0.764. The smallest absolute Gasteiger partial charge is 0.306 e. The summed E-state index contributed by atoms with van der Waals surface area (Å²) in [4.78, 5) is 37.5. The lowest BCUT2D eigenvalue weighted by Gasteiger charge is -2.18. The van der Waals surface area contributed by atoms with E-state index in [0.717, 1.165) is 70.6 Å². The second kappa shape index (κ2) is 41.6. The van der Waals surface area contributed by atoms with Crippen LogP contribution in [0.1, 0.15) is 233 Å². The molecule has 0 amide bonds. The Morgan fingerprint density at radius 1 is 0.385 bits per heavy atom. The molecule has 0 N–H and O–H groups in total. The first-order valence-electron chi connectivity index (χ1n) is 22.3. The summed E-state index contributed by atoms with van der Waals surface area (Å²) in [5.41, 5.74) is 0. The fourth-order valence-electron chi connectivity index (χ4n) is 6.29. The van der Waals surface area contributed by atoms with E-state index in [-0.39, 0.29) is 31.1 Å². The van der Waals surface area contributed by atoms with Gasteiger partial charge in [0.25, 0.3) is 0 Å². The van der Waals surface area contributed by atoms with E-state index >= 15 is 0 Å². The minimum absolute atomic E-state index is 0.0711. The quantitative estimate of drug-likeness (QED) is 0.0270. The molecule has 0 fully saturated rings. The summed E-state index contributed by atoms with van der Waals surface area (Å²) < 4.78 is 16.6. The summed E-state index contributed by atoms with van der Waals surface area (Å²) in [6.07, 6.45) is 44.5. The molecule has 0 aliphatic carbocycles. The molecule has 0 saturated carbocycles. The van der Waals surface area contributed by atoms with Gasteiger partial charge in [-0.05, 0) is 51.4 Å². The highest BCUT2D eigenvalue weighted by Gasteiger charge is 2.19. The van der Waals surface area contributed by atoms with E-state index in [0.29, 0.717) is 19.3 Å². The number of allylic oxidation sites excluding steroid dienone is 4. The third-order valence-corrected chi connectivity index (χ3v) is 9.71. The van der Waals surface area contributed by atoms with Gasteiger partial charge in [0.2, 0.25) is 0 Å². The highest BCUT2D eigenvalue weighted by molar-refractivity contribution is 5.71. The van der Waals surface area contributed by atoms with E-state index in [2.05, 4.69) is 45.1 Å². The molecular weight excluding hydrogens is 648 g/mol. The second-order valence-electron chi connectivity index (χ2n) is 15.0. The van der Waals surface area contributed by atoms with Crippen LogP contribution < -0.4 is 0 Å². The van der Waals surface area contributed by atoms with Crippen LogP contribution in [0.15, 0.2) is 24.3 Å². The summed E-state index contributed by atoms with van der Waals surface area (Å²) in [6.45, 7) is 6.55. The Kier molecular flexibility index (Phi) is 40.0. The van der Waals surface area contributed by atoms with Crippen molar-refractivity contribution in [3.8, 4) is 0 Å². The van der Waals surface area contributed by atoms with Crippen molar-refractivity contribution >= 4 is 17.9 Å². The maximum atomic E-state index is 12.6. The third kappa shape index (κ3) is 39.1. The van der Waals surface area contributed by atoms with Crippen LogP contribution in [0.25, 0.3) is 0 Å². The summed E-state index contributed by atoms with van der Waals surface area (Å²) in [7, 11) is 0. The van der Waals surface area contributed by atoms with Crippen LogP contribution in [0.2, 0.25) is 0 Å². The Balaban J connectivity index is 4.26. The summed E-state index contributed by atoms with van der Waals surface area (Å²) in [5, 5.41) is 0. The number of ether oxygens (including phenoxy) is 3. The Hall–Kier alpha value is -2.11. The number of carbonyl (C=O) groups excluding carboxylic acids is 3. The number of hydrogen-bond donors (Lipinski definition) is 0. The standard InChI is InChI=1S/C46H84O6/c1-4-7-10-13-16-18-20-21-22-23-24-25-26-28-30-33-36-39-45(48)51-42-43(41-50-44(47)38-35-32-29-15-12-9-6-3)52-46(49)40-37-34-31-27-19-17-14-11-8-5-2/h16,18,21-22,43H,4-15,17,19-20,23-42H2,1-3H3/b18-16-,22-21-. The van der Waals surface area contributed by atoms with Crippen LogP contribution >= 0.6 is 0 Å². The van der Waals surface area contributed by atoms with Crippen molar-refractivity contribution in [2.45, 2.75) is 239 Å². The van der Waals surface area contributed by atoms with Gasteiger partial charge >= 0.3 is 17.9 Å². The molecule has 0 rings (SSSR count). The molecular formula is C46H84O6. The van der Waals surface area contributed by atoms with Gasteiger partial charge in [-0.15, -0.1) is 0 Å². The highest BCUT2D eigenvalue weighted by Crippen LogP contribution is 2.14. The zero-order chi connectivity index (χ0) is 38.0. The average Bonchev–Trinajstić information content (AvgIpc) is 3.14. The van der Waals surface area contributed by atoms with Crippen molar-refractivity contribution in [2.24, 2.45) is 0 Å². The Morgan fingerprint density at radius 2 is 0.692 bits per heavy atom. The van der Waals surface area contributed by atoms with Gasteiger partial charge in [-0.25, -0.2) is 0 Å². The number of unbranched alkanes of at least 4 members (excludes halogenated alkanes) is 25. The van der Waals surface area contributed by atoms with E-state index in [1.165, 1.54) is 122 Å². The van der Waals surface area contributed by atoms with Crippen molar-refractivity contribution in [1.82, 2.24) is 0 Å². The van der Waals surface area contributed by atoms with E-state index < -0.39 is 6.10 Å². The number of carbonyl (C=O) groups is 3. The molecule has 0 aliphatic heterocycles. The molecule has 52 heavy (non-hydrogen) atoms. The van der Waals surface area contributed by atoms with E-state index in [1.807, 2.05) is 0 Å². The van der Waals surface area contributed by atoms with Crippen molar-refractivity contribution in [3.63, 3.8) is 0 Å². The summed E-state index contributed by atoms with van der Waals surface area (Å²) >= 11 is 0. The van der Waals surface area contributed by atoms with Gasteiger partial charge < -0.3 is 14.2 Å². The van der Waals surface area contributed by atoms with E-state index in [9.17, 15) is 14.4 Å². The zero-order valence-electron chi connectivity index (χ0n) is 34.6. The lowest BCUT2D eigenvalue weighted by atomic mass is 10.1. The molecule has 0 radical (unpaired) electrons. The molecule has 6 nitrogen and oxygen atoms in total. The van der Waals surface area contributed by atoms with Crippen LogP contribution in [-0.4, -0.2) is 37.2 Å². The average molecular weight is 733 g/mol. The van der Waals surface area contributed by atoms with Gasteiger partial charge in [0.1, 0.15) is 13.2 Å². The van der Waals surface area contributed by atoms with Crippen molar-refractivity contribution in [2.75, 3.05) is 13.2 Å². The minimum Gasteiger partial charge on any atom is -0.462 e. The third-order valence-electron chi connectivity index (χ3n) is 9.71. The first-order valence-corrected chi connectivity index (χ1v) is 22.3. The van der Waals surface area contributed by atoms with Crippen LogP contribution in [0, 0.1) is 0 Å². The van der Waals surface area contributed by atoms with Crippen LogP contribution in [0.3, 0.4) is 0 Å². The molecule has 0 aromatic carbocycles. The molecule has 6 heteroatoms. The normalized spacial score (nSPS) is 12.1. The number of rotatable bonds is 40. The van der Waals surface area contributed by atoms with E-state index in [4.69, 9.17) is 14.2 Å². The van der Waals surface area contributed by atoms with Gasteiger partial charge in [0, 0.05) is 19.3 Å². The number of hydrogen-bond acceptors (Lipinski definition) is 6. The molecule has 0 aromatic heterocycles. The Labute approximate surface area is 322 Å². The first kappa shape index (κ1) is 49.9. The van der Waals surface area contributed by atoms with Crippen LogP contribution in [0.5, 0.6) is 0 Å². The molecule has 0 bridgehead atoms. The van der Waals surface area contributed by atoms with Crippen LogP contribution in [0.4, 0.5) is 0 Å². The number of esters is 3. The fourth-order valence-corrected chi connectivity index (χ4v) is 6.29. The maximum absolute atomic E-state index is 12.6. The zero-order valence-corrected chi connectivity index (χ0v) is 34.6. The largest absolute Gasteiger partial charge is 0.462 e. The summed E-state index contributed by atoms with van der Waals surface area (Å²) in [6, 6.07) is 0. The maximum Gasteiger partial charge on any atom is 0.306 e. The van der Waals surface area contributed by atoms with Crippen molar-refractivity contribution in [3.05, 3.63) is 24.3 Å².